The van der Waals surface area contributed by atoms with Crippen LogP contribution in [0.4, 0.5) is 0 Å². The van der Waals surface area contributed by atoms with Crippen molar-refractivity contribution in [2.24, 2.45) is 11.8 Å². The minimum absolute atomic E-state index is 0.124. The monoisotopic (exact) mass is 406 g/mol. The second kappa shape index (κ2) is 8.12. The van der Waals surface area contributed by atoms with E-state index >= 15 is 0 Å². The number of carbonyl (C=O) groups is 1. The van der Waals surface area contributed by atoms with Crippen LogP contribution in [0.2, 0.25) is 0 Å². The SMILES string of the molecule is C[C@@H]1C[C@@H](C)CN(S(=O)(=O)c2cccc(C(=O)N[C@@H](C)c3cccs3)c2)C1. The summed E-state index contributed by atoms with van der Waals surface area (Å²) in [6, 6.07) is 10.1. The van der Waals surface area contributed by atoms with Crippen molar-refractivity contribution in [2.75, 3.05) is 13.1 Å². The maximum Gasteiger partial charge on any atom is 0.251 e. The second-order valence-corrected chi connectivity index (χ2v) is 10.4. The van der Waals surface area contributed by atoms with Crippen LogP contribution in [0.1, 0.15) is 48.5 Å². The van der Waals surface area contributed by atoms with Gasteiger partial charge >= 0.3 is 0 Å². The molecule has 1 amide bonds. The Morgan fingerprint density at radius 2 is 1.89 bits per heavy atom. The lowest BCUT2D eigenvalue weighted by atomic mass is 9.94. The third-order valence-electron chi connectivity index (χ3n) is 4.89. The summed E-state index contributed by atoms with van der Waals surface area (Å²) in [7, 11) is -3.60. The summed E-state index contributed by atoms with van der Waals surface area (Å²) in [6.45, 7) is 7.12. The number of rotatable bonds is 5. The summed E-state index contributed by atoms with van der Waals surface area (Å²) in [5, 5.41) is 4.90. The van der Waals surface area contributed by atoms with Crippen molar-refractivity contribution in [1.29, 1.82) is 0 Å². The number of benzene rings is 1. The van der Waals surface area contributed by atoms with Gasteiger partial charge in [0.1, 0.15) is 0 Å². The molecular formula is C20H26N2O3S2. The first-order valence-electron chi connectivity index (χ1n) is 9.22. The zero-order chi connectivity index (χ0) is 19.6. The molecule has 0 spiro atoms. The van der Waals surface area contributed by atoms with Gasteiger partial charge in [0.05, 0.1) is 10.9 Å². The number of amides is 1. The first-order chi connectivity index (χ1) is 12.8. The first-order valence-corrected chi connectivity index (χ1v) is 11.5. The second-order valence-electron chi connectivity index (χ2n) is 7.51. The van der Waals surface area contributed by atoms with E-state index in [1.54, 1.807) is 33.8 Å². The lowest BCUT2D eigenvalue weighted by Gasteiger charge is -2.34. The van der Waals surface area contributed by atoms with Gasteiger partial charge in [0.15, 0.2) is 0 Å². The number of hydrogen-bond donors (Lipinski definition) is 1. The van der Waals surface area contributed by atoms with Crippen molar-refractivity contribution < 1.29 is 13.2 Å². The molecule has 1 saturated heterocycles. The smallest absolute Gasteiger partial charge is 0.251 e. The van der Waals surface area contributed by atoms with E-state index in [1.807, 2.05) is 24.4 Å². The predicted octanol–water partition coefficient (Wildman–Crippen LogP) is 3.91. The minimum Gasteiger partial charge on any atom is -0.345 e. The molecule has 1 aliphatic heterocycles. The van der Waals surface area contributed by atoms with Gasteiger partial charge in [-0.15, -0.1) is 11.3 Å². The van der Waals surface area contributed by atoms with E-state index in [4.69, 9.17) is 0 Å². The van der Waals surface area contributed by atoms with Crippen LogP contribution >= 0.6 is 11.3 Å². The van der Waals surface area contributed by atoms with Crippen LogP contribution < -0.4 is 5.32 Å². The highest BCUT2D eigenvalue weighted by atomic mass is 32.2. The summed E-state index contributed by atoms with van der Waals surface area (Å²) < 4.78 is 27.7. The zero-order valence-corrected chi connectivity index (χ0v) is 17.5. The molecule has 0 aliphatic carbocycles. The first kappa shape index (κ1) is 20.0. The lowest BCUT2D eigenvalue weighted by molar-refractivity contribution is 0.0940. The summed E-state index contributed by atoms with van der Waals surface area (Å²) in [5.74, 6) is 0.400. The van der Waals surface area contributed by atoms with E-state index < -0.39 is 10.0 Å². The molecular weight excluding hydrogens is 380 g/mol. The number of thiophene rings is 1. The molecule has 3 rings (SSSR count). The standard InChI is InChI=1S/C20H26N2O3S2/c1-14-10-15(2)13-22(12-14)27(24,25)18-7-4-6-17(11-18)20(23)21-16(3)19-8-5-9-26-19/h4-9,11,14-16H,10,12-13H2,1-3H3,(H,21,23)/t14-,15-,16+/m1/s1. The number of nitrogens with one attached hydrogen (secondary N) is 1. The van der Waals surface area contributed by atoms with Gasteiger partial charge < -0.3 is 5.32 Å². The maximum atomic E-state index is 13.1. The predicted molar refractivity (Wildman–Crippen MR) is 108 cm³/mol. The number of piperidine rings is 1. The Labute approximate surface area is 165 Å². The molecule has 5 nitrogen and oxygen atoms in total. The largest absolute Gasteiger partial charge is 0.345 e. The summed E-state index contributed by atoms with van der Waals surface area (Å²) in [5.41, 5.74) is 0.359. The number of hydrogen-bond acceptors (Lipinski definition) is 4. The van der Waals surface area contributed by atoms with Gasteiger partial charge in [-0.25, -0.2) is 8.42 Å². The van der Waals surface area contributed by atoms with Gasteiger partial charge in [0, 0.05) is 23.5 Å². The summed E-state index contributed by atoms with van der Waals surface area (Å²) in [6.07, 6.45) is 1.04. The van der Waals surface area contributed by atoms with Crippen molar-refractivity contribution >= 4 is 27.3 Å². The Kier molecular flexibility index (Phi) is 6.03. The number of carbonyl (C=O) groups excluding carboxylic acids is 1. The van der Waals surface area contributed by atoms with Crippen molar-refractivity contribution in [3.8, 4) is 0 Å². The van der Waals surface area contributed by atoms with Crippen molar-refractivity contribution in [3.63, 3.8) is 0 Å². The van der Waals surface area contributed by atoms with Crippen LogP contribution in [-0.4, -0.2) is 31.7 Å². The number of sulfonamides is 1. The van der Waals surface area contributed by atoms with Crippen LogP contribution in [-0.2, 0) is 10.0 Å². The molecule has 1 fully saturated rings. The molecule has 0 bridgehead atoms. The molecule has 3 atom stereocenters. The molecule has 1 aromatic carbocycles. The highest BCUT2D eigenvalue weighted by Crippen LogP contribution is 2.27. The molecule has 2 aromatic rings. The van der Waals surface area contributed by atoms with Gasteiger partial charge in [0.2, 0.25) is 10.0 Å². The molecule has 1 N–H and O–H groups in total. The quantitative estimate of drug-likeness (QED) is 0.819. The molecule has 1 aliphatic rings. The highest BCUT2D eigenvalue weighted by molar-refractivity contribution is 7.89. The van der Waals surface area contributed by atoms with Crippen LogP contribution in [0, 0.1) is 11.8 Å². The van der Waals surface area contributed by atoms with Crippen molar-refractivity contribution in [3.05, 3.63) is 52.2 Å². The molecule has 0 saturated carbocycles. The fraction of sp³-hybridized carbons (Fsp3) is 0.450. The average molecular weight is 407 g/mol. The zero-order valence-electron chi connectivity index (χ0n) is 15.9. The average Bonchev–Trinajstić information content (AvgIpc) is 3.16. The van der Waals surface area contributed by atoms with E-state index in [2.05, 4.69) is 19.2 Å². The van der Waals surface area contributed by atoms with Crippen LogP contribution in [0.5, 0.6) is 0 Å². The molecule has 1 aromatic heterocycles. The normalized spacial score (nSPS) is 22.3. The van der Waals surface area contributed by atoms with E-state index in [9.17, 15) is 13.2 Å². The Morgan fingerprint density at radius 3 is 2.52 bits per heavy atom. The van der Waals surface area contributed by atoms with Gasteiger partial charge in [-0.05, 0) is 54.8 Å². The van der Waals surface area contributed by atoms with Gasteiger partial charge in [-0.3, -0.25) is 4.79 Å². The van der Waals surface area contributed by atoms with E-state index in [-0.39, 0.29) is 16.8 Å². The van der Waals surface area contributed by atoms with Crippen molar-refractivity contribution in [2.45, 2.75) is 38.1 Å². The highest BCUT2D eigenvalue weighted by Gasteiger charge is 2.32. The van der Waals surface area contributed by atoms with E-state index in [1.165, 1.54) is 6.07 Å². The Morgan fingerprint density at radius 1 is 1.19 bits per heavy atom. The van der Waals surface area contributed by atoms with E-state index in [0.717, 1.165) is 11.3 Å². The maximum absolute atomic E-state index is 13.1. The fourth-order valence-corrected chi connectivity index (χ4v) is 6.10. The topological polar surface area (TPSA) is 66.5 Å². The lowest BCUT2D eigenvalue weighted by Crippen LogP contribution is -2.42. The Bertz CT molecular complexity index is 884. The van der Waals surface area contributed by atoms with Crippen LogP contribution in [0.15, 0.2) is 46.7 Å². The van der Waals surface area contributed by atoms with Gasteiger partial charge in [-0.2, -0.15) is 4.31 Å². The molecule has 7 heteroatoms. The van der Waals surface area contributed by atoms with Crippen LogP contribution in [0.3, 0.4) is 0 Å². The van der Waals surface area contributed by atoms with Gasteiger partial charge in [0.25, 0.3) is 5.91 Å². The molecule has 146 valence electrons. The summed E-state index contributed by atoms with van der Waals surface area (Å²) in [4.78, 5) is 13.8. The Balaban J connectivity index is 1.79. The van der Waals surface area contributed by atoms with Gasteiger partial charge in [-0.1, -0.05) is 26.0 Å². The number of nitrogens with zero attached hydrogens (tertiary/aromatic N) is 1. The minimum atomic E-state index is -3.60. The molecule has 27 heavy (non-hydrogen) atoms. The Hall–Kier alpha value is -1.70. The fourth-order valence-electron chi connectivity index (χ4n) is 3.64. The van der Waals surface area contributed by atoms with Crippen molar-refractivity contribution in [1.82, 2.24) is 9.62 Å². The molecule has 0 radical (unpaired) electrons. The third kappa shape index (κ3) is 4.59. The molecule has 2 heterocycles. The van der Waals surface area contributed by atoms with Crippen LogP contribution in [0.25, 0.3) is 0 Å². The summed E-state index contributed by atoms with van der Waals surface area (Å²) >= 11 is 1.58. The van der Waals surface area contributed by atoms with E-state index in [0.29, 0.717) is 30.5 Å². The third-order valence-corrected chi connectivity index (χ3v) is 7.77. The molecule has 0 unspecified atom stereocenters.